The number of halogens is 1. The minimum Gasteiger partial charge on any atom is -0.340 e. The SMILES string of the molecule is CC#CCNC(=O)c1scnc1Br. The number of rotatable bonds is 2. The van der Waals surface area contributed by atoms with E-state index in [0.717, 1.165) is 0 Å². The van der Waals surface area contributed by atoms with Crippen LogP contribution >= 0.6 is 27.3 Å². The maximum Gasteiger partial charge on any atom is 0.264 e. The van der Waals surface area contributed by atoms with Crippen LogP contribution in [-0.4, -0.2) is 17.4 Å². The van der Waals surface area contributed by atoms with Crippen molar-refractivity contribution < 1.29 is 4.79 Å². The smallest absolute Gasteiger partial charge is 0.264 e. The molecule has 1 heterocycles. The number of carbonyl (C=O) groups excluding carboxylic acids is 1. The fraction of sp³-hybridized carbons (Fsp3) is 0.250. The van der Waals surface area contributed by atoms with E-state index in [4.69, 9.17) is 0 Å². The van der Waals surface area contributed by atoms with Crippen molar-refractivity contribution in [3.8, 4) is 11.8 Å². The van der Waals surface area contributed by atoms with Crippen molar-refractivity contribution in [3.63, 3.8) is 0 Å². The third kappa shape index (κ3) is 2.83. The van der Waals surface area contributed by atoms with E-state index >= 15 is 0 Å². The maximum atomic E-state index is 11.4. The lowest BCUT2D eigenvalue weighted by Gasteiger charge is -1.96. The largest absolute Gasteiger partial charge is 0.340 e. The van der Waals surface area contributed by atoms with Crippen molar-refractivity contribution in [1.29, 1.82) is 0 Å². The molecule has 1 amide bonds. The fourth-order valence-electron chi connectivity index (χ4n) is 0.673. The van der Waals surface area contributed by atoms with Crippen LogP contribution in [0.3, 0.4) is 0 Å². The summed E-state index contributed by atoms with van der Waals surface area (Å²) in [5.41, 5.74) is 1.62. The van der Waals surface area contributed by atoms with Gasteiger partial charge < -0.3 is 5.32 Å². The van der Waals surface area contributed by atoms with E-state index in [0.29, 0.717) is 16.0 Å². The Morgan fingerprint density at radius 3 is 3.15 bits per heavy atom. The summed E-state index contributed by atoms with van der Waals surface area (Å²) in [7, 11) is 0. The van der Waals surface area contributed by atoms with E-state index in [1.165, 1.54) is 11.3 Å². The molecule has 0 spiro atoms. The molecule has 0 aromatic carbocycles. The Kier molecular flexibility index (Phi) is 3.93. The summed E-state index contributed by atoms with van der Waals surface area (Å²) in [6.07, 6.45) is 0. The van der Waals surface area contributed by atoms with Gasteiger partial charge in [-0.3, -0.25) is 4.79 Å². The van der Waals surface area contributed by atoms with Gasteiger partial charge in [0.25, 0.3) is 5.91 Å². The van der Waals surface area contributed by atoms with E-state index in [9.17, 15) is 4.79 Å². The Morgan fingerprint density at radius 2 is 2.62 bits per heavy atom. The fourth-order valence-corrected chi connectivity index (χ4v) is 1.96. The molecule has 1 aromatic heterocycles. The molecule has 1 N–H and O–H groups in total. The molecule has 0 aliphatic rings. The number of thiazole rings is 1. The van der Waals surface area contributed by atoms with Gasteiger partial charge in [0.05, 0.1) is 12.1 Å². The molecule has 5 heteroatoms. The summed E-state index contributed by atoms with van der Waals surface area (Å²) < 4.78 is 0.583. The summed E-state index contributed by atoms with van der Waals surface area (Å²) in [6, 6.07) is 0. The van der Waals surface area contributed by atoms with Crippen LogP contribution in [0.15, 0.2) is 10.1 Å². The van der Waals surface area contributed by atoms with Gasteiger partial charge in [-0.05, 0) is 22.9 Å². The van der Waals surface area contributed by atoms with E-state index in [1.54, 1.807) is 12.4 Å². The number of amides is 1. The standard InChI is InChI=1S/C8H7BrN2OS/c1-2-3-4-10-8(12)6-7(9)11-5-13-6/h5H,4H2,1H3,(H,10,12). The van der Waals surface area contributed by atoms with Crippen molar-refractivity contribution in [2.45, 2.75) is 6.92 Å². The predicted molar refractivity (Wildman–Crippen MR) is 55.6 cm³/mol. The molecule has 0 aliphatic heterocycles. The van der Waals surface area contributed by atoms with Crippen LogP contribution in [-0.2, 0) is 0 Å². The van der Waals surface area contributed by atoms with E-state index in [-0.39, 0.29) is 5.91 Å². The van der Waals surface area contributed by atoms with Gasteiger partial charge in [-0.2, -0.15) is 0 Å². The molecular formula is C8H7BrN2OS. The first-order chi connectivity index (χ1) is 6.25. The number of nitrogens with one attached hydrogen (secondary N) is 1. The highest BCUT2D eigenvalue weighted by molar-refractivity contribution is 9.10. The Hall–Kier alpha value is -0.860. The van der Waals surface area contributed by atoms with Gasteiger partial charge in [-0.25, -0.2) is 4.98 Å². The highest BCUT2D eigenvalue weighted by atomic mass is 79.9. The minimum atomic E-state index is -0.142. The van der Waals surface area contributed by atoms with Crippen LogP contribution in [0.4, 0.5) is 0 Å². The lowest BCUT2D eigenvalue weighted by molar-refractivity contribution is 0.0962. The lowest BCUT2D eigenvalue weighted by Crippen LogP contribution is -2.22. The second-order valence-corrected chi connectivity index (χ2v) is 3.69. The van der Waals surface area contributed by atoms with Crippen molar-refractivity contribution in [3.05, 3.63) is 15.0 Å². The van der Waals surface area contributed by atoms with Gasteiger partial charge in [0.2, 0.25) is 0 Å². The number of hydrogen-bond acceptors (Lipinski definition) is 3. The summed E-state index contributed by atoms with van der Waals surface area (Å²) in [5.74, 6) is 5.30. The first kappa shape index (κ1) is 10.2. The molecule has 0 atom stereocenters. The molecule has 0 radical (unpaired) electrons. The second-order valence-electron chi connectivity index (χ2n) is 2.08. The normalized spacial score (nSPS) is 8.77. The van der Waals surface area contributed by atoms with Crippen LogP contribution in [0.25, 0.3) is 0 Å². The van der Waals surface area contributed by atoms with Crippen molar-refractivity contribution in [2.75, 3.05) is 6.54 Å². The number of aromatic nitrogens is 1. The molecular weight excluding hydrogens is 252 g/mol. The molecule has 0 saturated carbocycles. The van der Waals surface area contributed by atoms with E-state index in [1.807, 2.05) is 0 Å². The lowest BCUT2D eigenvalue weighted by atomic mass is 10.5. The second kappa shape index (κ2) is 5.00. The average molecular weight is 259 g/mol. The molecule has 0 bridgehead atoms. The zero-order valence-corrected chi connectivity index (χ0v) is 9.33. The Morgan fingerprint density at radius 1 is 1.85 bits per heavy atom. The number of nitrogens with zero attached hydrogens (tertiary/aromatic N) is 1. The zero-order valence-electron chi connectivity index (χ0n) is 6.93. The Bertz CT molecular complexity index is 364. The summed E-state index contributed by atoms with van der Waals surface area (Å²) in [5, 5.41) is 2.65. The molecule has 0 unspecified atom stereocenters. The van der Waals surface area contributed by atoms with E-state index in [2.05, 4.69) is 38.1 Å². The van der Waals surface area contributed by atoms with Gasteiger partial charge in [-0.1, -0.05) is 5.92 Å². The highest BCUT2D eigenvalue weighted by Crippen LogP contribution is 2.18. The number of carbonyl (C=O) groups is 1. The van der Waals surface area contributed by atoms with Gasteiger partial charge in [0, 0.05) is 0 Å². The predicted octanol–water partition coefficient (Wildman–Crippen LogP) is 1.66. The number of hydrogen-bond donors (Lipinski definition) is 1. The van der Waals surface area contributed by atoms with Gasteiger partial charge in [0.15, 0.2) is 0 Å². The molecule has 0 fully saturated rings. The van der Waals surface area contributed by atoms with Crippen LogP contribution < -0.4 is 5.32 Å². The van der Waals surface area contributed by atoms with Crippen molar-refractivity contribution >= 4 is 33.2 Å². The Labute approximate surface area is 88.7 Å². The van der Waals surface area contributed by atoms with Crippen LogP contribution in [0.2, 0.25) is 0 Å². The Balaban J connectivity index is 2.57. The third-order valence-corrected chi connectivity index (χ3v) is 2.93. The van der Waals surface area contributed by atoms with Crippen LogP contribution in [0, 0.1) is 11.8 Å². The van der Waals surface area contributed by atoms with Crippen LogP contribution in [0.1, 0.15) is 16.6 Å². The van der Waals surface area contributed by atoms with Gasteiger partial charge >= 0.3 is 0 Å². The van der Waals surface area contributed by atoms with Crippen molar-refractivity contribution in [2.24, 2.45) is 0 Å². The topological polar surface area (TPSA) is 42.0 Å². The summed E-state index contributed by atoms with van der Waals surface area (Å²) in [6.45, 7) is 2.11. The first-order valence-corrected chi connectivity index (χ1v) is 5.19. The molecule has 0 saturated heterocycles. The quantitative estimate of drug-likeness (QED) is 0.821. The molecule has 68 valence electrons. The molecule has 3 nitrogen and oxygen atoms in total. The third-order valence-electron chi connectivity index (χ3n) is 1.24. The molecule has 0 aliphatic carbocycles. The first-order valence-electron chi connectivity index (χ1n) is 3.52. The monoisotopic (exact) mass is 258 g/mol. The zero-order chi connectivity index (χ0) is 9.68. The molecule has 1 rings (SSSR count). The maximum absolute atomic E-state index is 11.4. The van der Waals surface area contributed by atoms with E-state index < -0.39 is 0 Å². The average Bonchev–Trinajstić information content (AvgIpc) is 2.52. The molecule has 1 aromatic rings. The van der Waals surface area contributed by atoms with Crippen LogP contribution in [0.5, 0.6) is 0 Å². The summed E-state index contributed by atoms with van der Waals surface area (Å²) >= 11 is 4.48. The van der Waals surface area contributed by atoms with Gasteiger partial charge in [0.1, 0.15) is 9.48 Å². The molecule has 13 heavy (non-hydrogen) atoms. The van der Waals surface area contributed by atoms with Gasteiger partial charge in [-0.15, -0.1) is 17.3 Å². The van der Waals surface area contributed by atoms with Crippen molar-refractivity contribution in [1.82, 2.24) is 10.3 Å². The highest BCUT2D eigenvalue weighted by Gasteiger charge is 2.10. The summed E-state index contributed by atoms with van der Waals surface area (Å²) in [4.78, 5) is 15.8. The minimum absolute atomic E-state index is 0.142.